The van der Waals surface area contributed by atoms with Crippen molar-refractivity contribution in [3.63, 3.8) is 0 Å². The van der Waals surface area contributed by atoms with Gasteiger partial charge in [0.2, 0.25) is 0 Å². The van der Waals surface area contributed by atoms with E-state index in [9.17, 15) is 9.59 Å². The van der Waals surface area contributed by atoms with Crippen LogP contribution in [0, 0.1) is 0 Å². The van der Waals surface area contributed by atoms with Crippen LogP contribution in [-0.4, -0.2) is 37.0 Å². The Hall–Kier alpha value is -2.84. The molecule has 0 saturated heterocycles. The Labute approximate surface area is 186 Å². The van der Waals surface area contributed by atoms with E-state index in [1.165, 1.54) is 13.3 Å². The number of nitrogens with zero attached hydrogens (tertiary/aromatic N) is 3. The van der Waals surface area contributed by atoms with Crippen molar-refractivity contribution in [2.24, 2.45) is 0 Å². The van der Waals surface area contributed by atoms with E-state index in [2.05, 4.69) is 21.0 Å². The summed E-state index contributed by atoms with van der Waals surface area (Å²) in [6.07, 6.45) is 1.49. The van der Waals surface area contributed by atoms with Crippen LogP contribution in [0.2, 0.25) is 5.02 Å². The molecule has 3 aromatic rings. The van der Waals surface area contributed by atoms with E-state index in [0.717, 1.165) is 20.5 Å². The molecular weight excluding hydrogens is 474 g/mol. The third-order valence-corrected chi connectivity index (χ3v) is 5.35. The molecule has 3 rings (SSSR count). The summed E-state index contributed by atoms with van der Waals surface area (Å²) < 4.78 is 12.2. The summed E-state index contributed by atoms with van der Waals surface area (Å²) in [6.45, 7) is 0.437. The van der Waals surface area contributed by atoms with E-state index < -0.39 is 11.5 Å². The quantitative estimate of drug-likeness (QED) is 0.483. The highest BCUT2D eigenvalue weighted by atomic mass is 79.9. The third kappa shape index (κ3) is 4.34. The Morgan fingerprint density at radius 2 is 1.97 bits per heavy atom. The highest BCUT2D eigenvalue weighted by molar-refractivity contribution is 9.10. The molecule has 0 aliphatic carbocycles. The fourth-order valence-electron chi connectivity index (χ4n) is 3.01. The molecule has 0 amide bonds. The minimum absolute atomic E-state index is 0.0128. The van der Waals surface area contributed by atoms with Gasteiger partial charge < -0.3 is 14.4 Å². The summed E-state index contributed by atoms with van der Waals surface area (Å²) in [5.74, 6) is 0.146. The van der Waals surface area contributed by atoms with Crippen molar-refractivity contribution in [1.82, 2.24) is 9.78 Å². The summed E-state index contributed by atoms with van der Waals surface area (Å²) in [5.41, 5.74) is 1.32. The average Bonchev–Trinajstić information content (AvgIpc) is 2.75. The Morgan fingerprint density at radius 3 is 2.67 bits per heavy atom. The van der Waals surface area contributed by atoms with Gasteiger partial charge in [0, 0.05) is 23.6 Å². The third-order valence-electron chi connectivity index (χ3n) is 4.50. The standard InChI is InChI=1S/C21H19BrClN3O4/c1-25(12-13-10-14(22)8-9-18(13)29-2)17-11-24-26(20(27)19(17)23)16-7-5-4-6-15(16)21(28)30-3/h4-11H,12H2,1-3H3. The molecule has 0 radical (unpaired) electrons. The molecule has 0 spiro atoms. The number of hydrogen-bond acceptors (Lipinski definition) is 6. The van der Waals surface area contributed by atoms with Gasteiger partial charge in [-0.1, -0.05) is 39.7 Å². The molecule has 0 atom stereocenters. The largest absolute Gasteiger partial charge is 0.496 e. The number of hydrogen-bond donors (Lipinski definition) is 0. The van der Waals surface area contributed by atoms with E-state index in [1.807, 2.05) is 18.2 Å². The van der Waals surface area contributed by atoms with Crippen molar-refractivity contribution in [3.05, 3.63) is 79.6 Å². The maximum atomic E-state index is 12.9. The smallest absolute Gasteiger partial charge is 0.340 e. The molecule has 9 heteroatoms. The lowest BCUT2D eigenvalue weighted by Crippen LogP contribution is -2.27. The SMILES string of the molecule is COC(=O)c1ccccc1-n1ncc(N(C)Cc2cc(Br)ccc2OC)c(Cl)c1=O. The lowest BCUT2D eigenvalue weighted by Gasteiger charge is -2.22. The summed E-state index contributed by atoms with van der Waals surface area (Å²) in [5, 5.41) is 4.23. The minimum Gasteiger partial charge on any atom is -0.496 e. The maximum Gasteiger partial charge on any atom is 0.340 e. The molecule has 2 aromatic carbocycles. The Bertz CT molecular complexity index is 1150. The Morgan fingerprint density at radius 1 is 1.23 bits per heavy atom. The van der Waals surface area contributed by atoms with Crippen LogP contribution in [0.3, 0.4) is 0 Å². The lowest BCUT2D eigenvalue weighted by molar-refractivity contribution is 0.0600. The van der Waals surface area contributed by atoms with Crippen LogP contribution in [0.15, 0.2) is 57.9 Å². The number of benzene rings is 2. The van der Waals surface area contributed by atoms with Crippen molar-refractivity contribution in [1.29, 1.82) is 0 Å². The van der Waals surface area contributed by atoms with E-state index in [-0.39, 0.29) is 10.6 Å². The summed E-state index contributed by atoms with van der Waals surface area (Å²) >= 11 is 9.86. The highest BCUT2D eigenvalue weighted by Crippen LogP contribution is 2.28. The normalized spacial score (nSPS) is 10.6. The van der Waals surface area contributed by atoms with Crippen LogP contribution in [0.25, 0.3) is 5.69 Å². The van der Waals surface area contributed by atoms with Crippen molar-refractivity contribution in [3.8, 4) is 11.4 Å². The van der Waals surface area contributed by atoms with Crippen molar-refractivity contribution >= 4 is 39.2 Å². The van der Waals surface area contributed by atoms with Gasteiger partial charge in [-0.15, -0.1) is 0 Å². The van der Waals surface area contributed by atoms with Crippen LogP contribution in [0.5, 0.6) is 5.75 Å². The zero-order valence-corrected chi connectivity index (χ0v) is 18.9. The second-order valence-corrected chi connectivity index (χ2v) is 7.68. The minimum atomic E-state index is -0.571. The molecule has 30 heavy (non-hydrogen) atoms. The van der Waals surface area contributed by atoms with Gasteiger partial charge in [-0.3, -0.25) is 4.79 Å². The van der Waals surface area contributed by atoms with Crippen LogP contribution in [0.4, 0.5) is 5.69 Å². The second-order valence-electron chi connectivity index (χ2n) is 6.38. The fraction of sp³-hybridized carbons (Fsp3) is 0.190. The number of rotatable bonds is 6. The molecule has 7 nitrogen and oxygen atoms in total. The Kier molecular flexibility index (Phi) is 6.79. The van der Waals surface area contributed by atoms with Gasteiger partial charge in [-0.25, -0.2) is 4.79 Å². The summed E-state index contributed by atoms with van der Waals surface area (Å²) in [7, 11) is 4.67. The number of ether oxygens (including phenoxy) is 2. The lowest BCUT2D eigenvalue weighted by atomic mass is 10.1. The van der Waals surface area contributed by atoms with Crippen LogP contribution in [-0.2, 0) is 11.3 Å². The number of halogens is 2. The predicted molar refractivity (Wildman–Crippen MR) is 119 cm³/mol. The maximum absolute atomic E-state index is 12.9. The number of anilines is 1. The van der Waals surface area contributed by atoms with Gasteiger partial charge in [0.25, 0.3) is 5.56 Å². The Balaban J connectivity index is 2.00. The van der Waals surface area contributed by atoms with Crippen molar-refractivity contribution in [2.75, 3.05) is 26.2 Å². The fourth-order valence-corrected chi connectivity index (χ4v) is 3.70. The van der Waals surface area contributed by atoms with Gasteiger partial charge in [-0.2, -0.15) is 9.78 Å². The molecule has 156 valence electrons. The van der Waals surface area contributed by atoms with E-state index in [0.29, 0.717) is 17.9 Å². The number of para-hydroxylation sites is 1. The second kappa shape index (κ2) is 9.32. The molecule has 0 aliphatic heterocycles. The molecule has 1 heterocycles. The molecule has 0 bridgehead atoms. The average molecular weight is 493 g/mol. The predicted octanol–water partition coefficient (Wildman–Crippen LogP) is 4.08. The van der Waals surface area contributed by atoms with E-state index >= 15 is 0 Å². The van der Waals surface area contributed by atoms with Crippen LogP contribution < -0.4 is 15.2 Å². The first-order chi connectivity index (χ1) is 14.4. The zero-order chi connectivity index (χ0) is 21.8. The number of aromatic nitrogens is 2. The molecule has 0 unspecified atom stereocenters. The molecule has 0 N–H and O–H groups in total. The number of carbonyl (C=O) groups excluding carboxylic acids is 1. The highest BCUT2D eigenvalue weighted by Gasteiger charge is 2.19. The summed E-state index contributed by atoms with van der Waals surface area (Å²) in [6, 6.07) is 12.2. The van der Waals surface area contributed by atoms with Gasteiger partial charge in [0.1, 0.15) is 10.8 Å². The van der Waals surface area contributed by atoms with Gasteiger partial charge in [-0.05, 0) is 30.3 Å². The number of carbonyl (C=O) groups is 1. The first-order valence-electron chi connectivity index (χ1n) is 8.86. The number of esters is 1. The van der Waals surface area contributed by atoms with Crippen molar-refractivity contribution < 1.29 is 14.3 Å². The summed E-state index contributed by atoms with van der Waals surface area (Å²) in [4.78, 5) is 26.8. The zero-order valence-electron chi connectivity index (χ0n) is 16.6. The topological polar surface area (TPSA) is 73.7 Å². The molecule has 0 fully saturated rings. The first-order valence-corrected chi connectivity index (χ1v) is 10.0. The molecule has 0 aliphatic rings. The number of methoxy groups -OCH3 is 2. The van der Waals surface area contributed by atoms with E-state index in [1.54, 1.807) is 43.3 Å². The van der Waals surface area contributed by atoms with Crippen LogP contribution >= 0.6 is 27.5 Å². The van der Waals surface area contributed by atoms with Gasteiger partial charge in [0.05, 0.1) is 37.4 Å². The first kappa shape index (κ1) is 21.9. The molecular formula is C21H19BrClN3O4. The molecule has 0 saturated carbocycles. The van der Waals surface area contributed by atoms with E-state index in [4.69, 9.17) is 21.1 Å². The van der Waals surface area contributed by atoms with Gasteiger partial charge in [0.15, 0.2) is 0 Å². The molecule has 1 aromatic heterocycles. The van der Waals surface area contributed by atoms with Crippen LogP contribution in [0.1, 0.15) is 15.9 Å². The monoisotopic (exact) mass is 491 g/mol. The van der Waals surface area contributed by atoms with Crippen molar-refractivity contribution in [2.45, 2.75) is 6.54 Å². The van der Waals surface area contributed by atoms with Gasteiger partial charge >= 0.3 is 5.97 Å².